The molecule has 0 unspecified atom stereocenters. The highest BCUT2D eigenvalue weighted by molar-refractivity contribution is 7.18. The van der Waals surface area contributed by atoms with Crippen molar-refractivity contribution in [3.05, 3.63) is 27.1 Å². The molecule has 3 rings (SSSR count). The number of hydrogen-bond donors (Lipinski definition) is 1. The fourth-order valence-electron chi connectivity index (χ4n) is 3.30. The molecule has 0 saturated heterocycles. The summed E-state index contributed by atoms with van der Waals surface area (Å²) in [5.74, 6) is -0.465. The summed E-state index contributed by atoms with van der Waals surface area (Å²) in [5.41, 5.74) is 0.943. The van der Waals surface area contributed by atoms with Crippen LogP contribution in [-0.4, -0.2) is 45.4 Å². The van der Waals surface area contributed by atoms with Crippen molar-refractivity contribution in [2.45, 2.75) is 52.6 Å². The van der Waals surface area contributed by atoms with E-state index in [1.54, 1.807) is 11.3 Å². The molecule has 0 aliphatic heterocycles. The molecule has 1 N–H and O–H groups in total. The molecule has 140 valence electrons. The minimum absolute atomic E-state index is 0.00815. The molecule has 2 aromatic heterocycles. The predicted molar refractivity (Wildman–Crippen MR) is 101 cm³/mol. The van der Waals surface area contributed by atoms with Gasteiger partial charge in [-0.1, -0.05) is 0 Å². The van der Waals surface area contributed by atoms with Crippen molar-refractivity contribution in [2.24, 2.45) is 0 Å². The van der Waals surface area contributed by atoms with Crippen molar-refractivity contribution >= 4 is 33.4 Å². The van der Waals surface area contributed by atoms with E-state index < -0.39 is 0 Å². The van der Waals surface area contributed by atoms with Crippen molar-refractivity contribution < 1.29 is 9.59 Å². The highest BCUT2D eigenvalue weighted by Gasteiger charge is 2.23. The molecule has 2 aromatic rings. The number of carbonyl (C=O) groups excluding carboxylic acids is 2. The van der Waals surface area contributed by atoms with Crippen LogP contribution in [0.4, 0.5) is 0 Å². The standard InChI is InChI=1S/C18H24N4O3S/c1-4-21(8-14(23)20-11(2)3)15(24)9-22-10-19-17-16(18(22)25)12-6-5-7-13(12)26-17/h10-11H,4-9H2,1-3H3,(H,20,23). The van der Waals surface area contributed by atoms with E-state index in [1.165, 1.54) is 20.7 Å². The number of nitrogens with one attached hydrogen (secondary N) is 1. The second-order valence-corrected chi connectivity index (χ2v) is 7.93. The lowest BCUT2D eigenvalue weighted by Gasteiger charge is -2.21. The Balaban J connectivity index is 1.79. The number of aryl methyl sites for hydroxylation is 2. The maximum Gasteiger partial charge on any atom is 0.262 e. The SMILES string of the molecule is CCN(CC(=O)NC(C)C)C(=O)Cn1cnc2sc3c(c2c1=O)CCC3. The monoisotopic (exact) mass is 376 g/mol. The maximum absolute atomic E-state index is 12.8. The minimum atomic E-state index is -0.262. The van der Waals surface area contributed by atoms with Gasteiger partial charge in [-0.15, -0.1) is 11.3 Å². The lowest BCUT2D eigenvalue weighted by atomic mass is 10.2. The molecule has 0 spiro atoms. The van der Waals surface area contributed by atoms with Gasteiger partial charge in [0.15, 0.2) is 0 Å². The molecule has 8 heteroatoms. The van der Waals surface area contributed by atoms with Crippen molar-refractivity contribution in [1.29, 1.82) is 0 Å². The van der Waals surface area contributed by atoms with Crippen LogP contribution in [0, 0.1) is 0 Å². The summed E-state index contributed by atoms with van der Waals surface area (Å²) in [4.78, 5) is 45.2. The smallest absolute Gasteiger partial charge is 0.262 e. The number of likely N-dealkylation sites (N-methyl/N-ethyl adjacent to an activating group) is 1. The highest BCUT2D eigenvalue weighted by atomic mass is 32.1. The molecule has 0 atom stereocenters. The molecule has 0 aromatic carbocycles. The molecule has 0 radical (unpaired) electrons. The molecule has 0 saturated carbocycles. The van der Waals surface area contributed by atoms with E-state index in [4.69, 9.17) is 0 Å². The second kappa shape index (κ2) is 7.57. The first-order valence-electron chi connectivity index (χ1n) is 8.97. The molecule has 1 aliphatic carbocycles. The Labute approximate surface area is 156 Å². The van der Waals surface area contributed by atoms with E-state index in [9.17, 15) is 14.4 Å². The van der Waals surface area contributed by atoms with E-state index in [0.29, 0.717) is 11.9 Å². The van der Waals surface area contributed by atoms with Gasteiger partial charge in [0, 0.05) is 17.5 Å². The van der Waals surface area contributed by atoms with Gasteiger partial charge in [0.1, 0.15) is 11.4 Å². The predicted octanol–water partition coefficient (Wildman–Crippen LogP) is 1.32. The zero-order valence-electron chi connectivity index (χ0n) is 15.4. The van der Waals surface area contributed by atoms with Crippen LogP contribution in [0.1, 0.15) is 37.6 Å². The molecule has 2 heterocycles. The average molecular weight is 376 g/mol. The van der Waals surface area contributed by atoms with Crippen molar-refractivity contribution in [2.75, 3.05) is 13.1 Å². The Morgan fingerprint density at radius 3 is 2.85 bits per heavy atom. The molecule has 0 bridgehead atoms. The normalized spacial score (nSPS) is 13.2. The van der Waals surface area contributed by atoms with Gasteiger partial charge in [-0.05, 0) is 45.6 Å². The molecule has 0 fully saturated rings. The van der Waals surface area contributed by atoms with Gasteiger partial charge >= 0.3 is 0 Å². The van der Waals surface area contributed by atoms with Crippen LogP contribution in [0.2, 0.25) is 0 Å². The van der Waals surface area contributed by atoms with Gasteiger partial charge < -0.3 is 10.2 Å². The first kappa shape index (κ1) is 18.6. The van der Waals surface area contributed by atoms with Crippen LogP contribution < -0.4 is 10.9 Å². The number of amides is 2. The molecule has 2 amide bonds. The van der Waals surface area contributed by atoms with E-state index in [0.717, 1.165) is 29.7 Å². The second-order valence-electron chi connectivity index (χ2n) is 6.85. The van der Waals surface area contributed by atoms with Gasteiger partial charge in [-0.25, -0.2) is 4.98 Å². The van der Waals surface area contributed by atoms with Crippen LogP contribution in [0.5, 0.6) is 0 Å². The Morgan fingerprint density at radius 2 is 2.15 bits per heavy atom. The van der Waals surface area contributed by atoms with E-state index in [1.807, 2.05) is 20.8 Å². The Kier molecular flexibility index (Phi) is 5.41. The third-order valence-electron chi connectivity index (χ3n) is 4.52. The Hall–Kier alpha value is -2.22. The zero-order valence-corrected chi connectivity index (χ0v) is 16.2. The Bertz CT molecular complexity index is 900. The quantitative estimate of drug-likeness (QED) is 0.824. The lowest BCUT2D eigenvalue weighted by molar-refractivity contribution is -0.136. The van der Waals surface area contributed by atoms with Crippen LogP contribution in [0.15, 0.2) is 11.1 Å². The summed E-state index contributed by atoms with van der Waals surface area (Å²) < 4.78 is 1.36. The number of hydrogen-bond acceptors (Lipinski definition) is 5. The summed E-state index contributed by atoms with van der Waals surface area (Å²) in [6.45, 7) is 5.85. The first-order valence-corrected chi connectivity index (χ1v) is 9.79. The summed E-state index contributed by atoms with van der Waals surface area (Å²) in [6, 6.07) is 0.0196. The highest BCUT2D eigenvalue weighted by Crippen LogP contribution is 2.34. The molecule has 1 aliphatic rings. The Morgan fingerprint density at radius 1 is 1.38 bits per heavy atom. The number of rotatable bonds is 6. The fraction of sp³-hybridized carbons (Fsp3) is 0.556. The van der Waals surface area contributed by atoms with E-state index >= 15 is 0 Å². The zero-order chi connectivity index (χ0) is 18.8. The average Bonchev–Trinajstić information content (AvgIpc) is 3.15. The van der Waals surface area contributed by atoms with Gasteiger partial charge in [0.25, 0.3) is 5.56 Å². The van der Waals surface area contributed by atoms with Crippen LogP contribution >= 0.6 is 11.3 Å². The minimum Gasteiger partial charge on any atom is -0.352 e. The third-order valence-corrected chi connectivity index (χ3v) is 5.72. The van der Waals surface area contributed by atoms with Crippen LogP contribution in [-0.2, 0) is 29.0 Å². The largest absolute Gasteiger partial charge is 0.352 e. The number of fused-ring (bicyclic) bond motifs is 3. The number of aromatic nitrogens is 2. The summed E-state index contributed by atoms with van der Waals surface area (Å²) in [6.07, 6.45) is 4.42. The van der Waals surface area contributed by atoms with E-state index in [2.05, 4.69) is 10.3 Å². The summed E-state index contributed by atoms with van der Waals surface area (Å²) in [7, 11) is 0. The summed E-state index contributed by atoms with van der Waals surface area (Å²) >= 11 is 1.58. The van der Waals surface area contributed by atoms with Crippen molar-refractivity contribution in [1.82, 2.24) is 19.8 Å². The van der Waals surface area contributed by atoms with Gasteiger partial charge in [0.05, 0.1) is 18.3 Å². The topological polar surface area (TPSA) is 84.3 Å². The first-order chi connectivity index (χ1) is 12.4. The molecule has 7 nitrogen and oxygen atoms in total. The molecular formula is C18H24N4O3S. The summed E-state index contributed by atoms with van der Waals surface area (Å²) in [5, 5.41) is 3.44. The maximum atomic E-state index is 12.8. The van der Waals surface area contributed by atoms with Crippen molar-refractivity contribution in [3.63, 3.8) is 0 Å². The number of nitrogens with zero attached hydrogens (tertiary/aromatic N) is 3. The number of carbonyl (C=O) groups is 2. The van der Waals surface area contributed by atoms with Crippen LogP contribution in [0.3, 0.4) is 0 Å². The van der Waals surface area contributed by atoms with Gasteiger partial charge in [-0.3, -0.25) is 19.0 Å². The van der Waals surface area contributed by atoms with Gasteiger partial charge in [-0.2, -0.15) is 0 Å². The third kappa shape index (κ3) is 3.65. The van der Waals surface area contributed by atoms with E-state index in [-0.39, 0.29) is 36.5 Å². The van der Waals surface area contributed by atoms with Gasteiger partial charge in [0.2, 0.25) is 11.8 Å². The molecule has 26 heavy (non-hydrogen) atoms. The fourth-order valence-corrected chi connectivity index (χ4v) is 4.51. The number of thiophene rings is 1. The van der Waals surface area contributed by atoms with Crippen molar-refractivity contribution in [3.8, 4) is 0 Å². The lowest BCUT2D eigenvalue weighted by Crippen LogP contribution is -2.44. The van der Waals surface area contributed by atoms with Crippen LogP contribution in [0.25, 0.3) is 10.2 Å². The molecular weight excluding hydrogens is 352 g/mol.